The Kier molecular flexibility index (Phi) is 2.90. The van der Waals surface area contributed by atoms with Gasteiger partial charge in [0.25, 0.3) is 0 Å². The van der Waals surface area contributed by atoms with Gasteiger partial charge in [-0.3, -0.25) is 4.79 Å². The molecule has 2 atom stereocenters. The van der Waals surface area contributed by atoms with Crippen LogP contribution in [0.3, 0.4) is 0 Å². The van der Waals surface area contributed by atoms with Crippen molar-refractivity contribution in [2.24, 2.45) is 11.8 Å². The maximum Gasteiger partial charge on any atom is 0.146 e. The molecule has 1 aliphatic carbocycles. The molecule has 58 valence electrons. The molecule has 0 bridgehead atoms. The lowest BCUT2D eigenvalue weighted by Gasteiger charge is -2.10. The topological polar surface area (TPSA) is 17.1 Å². The number of Topliss-reactive ketones (excluding diaryl/α,β-unsaturated/α-hetero) is 1. The maximum atomic E-state index is 11.2. The van der Waals surface area contributed by atoms with E-state index < -0.39 is 0 Å². The van der Waals surface area contributed by atoms with Crippen LogP contribution in [0.1, 0.15) is 26.2 Å². The second-order valence-corrected chi connectivity index (χ2v) is 3.68. The number of carbonyl (C=O) groups is 1. The Hall–Kier alpha value is 0.150. The summed E-state index contributed by atoms with van der Waals surface area (Å²) in [6.07, 6.45) is 3.60. The SMILES string of the molecule is CC1CCCC1C(=O)CBr. The van der Waals surface area contributed by atoms with Crippen LogP contribution >= 0.6 is 15.9 Å². The van der Waals surface area contributed by atoms with Crippen LogP contribution in [0.15, 0.2) is 0 Å². The number of halogens is 1. The average Bonchev–Trinajstić information content (AvgIpc) is 2.34. The highest BCUT2D eigenvalue weighted by molar-refractivity contribution is 9.09. The Labute approximate surface area is 70.3 Å². The largest absolute Gasteiger partial charge is 0.298 e. The third-order valence-corrected chi connectivity index (χ3v) is 2.96. The summed E-state index contributed by atoms with van der Waals surface area (Å²) in [4.78, 5) is 11.2. The van der Waals surface area contributed by atoms with E-state index in [-0.39, 0.29) is 0 Å². The van der Waals surface area contributed by atoms with Crippen LogP contribution < -0.4 is 0 Å². The summed E-state index contributed by atoms with van der Waals surface area (Å²) >= 11 is 3.20. The Balaban J connectivity index is 2.46. The van der Waals surface area contributed by atoms with Crippen molar-refractivity contribution in [2.45, 2.75) is 26.2 Å². The van der Waals surface area contributed by atoms with E-state index in [1.54, 1.807) is 0 Å². The number of hydrogen-bond acceptors (Lipinski definition) is 1. The quantitative estimate of drug-likeness (QED) is 0.632. The van der Waals surface area contributed by atoms with Gasteiger partial charge in [0.1, 0.15) is 5.78 Å². The minimum Gasteiger partial charge on any atom is -0.298 e. The van der Waals surface area contributed by atoms with Crippen molar-refractivity contribution < 1.29 is 4.79 Å². The maximum absolute atomic E-state index is 11.2. The number of carbonyl (C=O) groups excluding carboxylic acids is 1. The standard InChI is InChI=1S/C8H13BrO/c1-6-3-2-4-7(6)8(10)5-9/h6-7H,2-5H2,1H3. The molecule has 0 N–H and O–H groups in total. The predicted molar refractivity (Wildman–Crippen MR) is 45.3 cm³/mol. The third-order valence-electron chi connectivity index (χ3n) is 2.41. The van der Waals surface area contributed by atoms with Crippen molar-refractivity contribution >= 4 is 21.7 Å². The second-order valence-electron chi connectivity index (χ2n) is 3.11. The Morgan fingerprint density at radius 3 is 2.70 bits per heavy atom. The summed E-state index contributed by atoms with van der Waals surface area (Å²) in [5.41, 5.74) is 0. The molecular weight excluding hydrogens is 192 g/mol. The lowest BCUT2D eigenvalue weighted by molar-refractivity contribution is -0.121. The molecule has 0 amide bonds. The van der Waals surface area contributed by atoms with Crippen molar-refractivity contribution in [3.8, 4) is 0 Å². The fourth-order valence-electron chi connectivity index (χ4n) is 1.72. The molecule has 0 aromatic heterocycles. The lowest BCUT2D eigenvalue weighted by atomic mass is 9.95. The minimum atomic E-state index is 0.361. The van der Waals surface area contributed by atoms with E-state index in [2.05, 4.69) is 22.9 Å². The summed E-state index contributed by atoms with van der Waals surface area (Å²) in [7, 11) is 0. The number of rotatable bonds is 2. The zero-order valence-electron chi connectivity index (χ0n) is 6.27. The molecule has 1 fully saturated rings. The van der Waals surface area contributed by atoms with Crippen LogP contribution in [0.25, 0.3) is 0 Å². The Bertz CT molecular complexity index is 133. The van der Waals surface area contributed by atoms with Crippen LogP contribution in [-0.2, 0) is 4.79 Å². The van der Waals surface area contributed by atoms with Gasteiger partial charge in [-0.2, -0.15) is 0 Å². The van der Waals surface area contributed by atoms with Crippen molar-refractivity contribution in [2.75, 3.05) is 5.33 Å². The van der Waals surface area contributed by atoms with Crippen LogP contribution in [0.4, 0.5) is 0 Å². The normalized spacial score (nSPS) is 32.6. The van der Waals surface area contributed by atoms with Crippen molar-refractivity contribution in [1.82, 2.24) is 0 Å². The smallest absolute Gasteiger partial charge is 0.146 e. The van der Waals surface area contributed by atoms with Crippen molar-refractivity contribution in [1.29, 1.82) is 0 Å². The summed E-state index contributed by atoms with van der Waals surface area (Å²) in [5, 5.41) is 0.544. The highest BCUT2D eigenvalue weighted by atomic mass is 79.9. The van der Waals surface area contributed by atoms with Crippen LogP contribution in [0.5, 0.6) is 0 Å². The fraction of sp³-hybridized carbons (Fsp3) is 0.875. The molecule has 0 spiro atoms. The second kappa shape index (κ2) is 3.51. The van der Waals surface area contributed by atoms with Gasteiger partial charge in [-0.15, -0.1) is 0 Å². The molecule has 1 aliphatic rings. The van der Waals surface area contributed by atoms with E-state index in [9.17, 15) is 4.79 Å². The zero-order chi connectivity index (χ0) is 7.56. The van der Waals surface area contributed by atoms with E-state index in [4.69, 9.17) is 0 Å². The van der Waals surface area contributed by atoms with Gasteiger partial charge in [-0.1, -0.05) is 29.3 Å². The van der Waals surface area contributed by atoms with Gasteiger partial charge >= 0.3 is 0 Å². The third kappa shape index (κ3) is 1.60. The molecule has 0 aromatic carbocycles. The van der Waals surface area contributed by atoms with E-state index in [1.807, 2.05) is 0 Å². The first-order chi connectivity index (χ1) is 4.75. The summed E-state index contributed by atoms with van der Waals surface area (Å²) < 4.78 is 0. The van der Waals surface area contributed by atoms with Crippen molar-refractivity contribution in [3.63, 3.8) is 0 Å². The number of ketones is 1. The molecule has 1 nitrogen and oxygen atoms in total. The molecule has 0 aliphatic heterocycles. The first-order valence-electron chi connectivity index (χ1n) is 3.84. The van der Waals surface area contributed by atoms with Crippen LogP contribution in [0.2, 0.25) is 0 Å². The van der Waals surface area contributed by atoms with E-state index in [0.717, 1.165) is 6.42 Å². The summed E-state index contributed by atoms with van der Waals surface area (Å²) in [6.45, 7) is 2.18. The van der Waals surface area contributed by atoms with Crippen LogP contribution in [-0.4, -0.2) is 11.1 Å². The molecule has 10 heavy (non-hydrogen) atoms. The highest BCUT2D eigenvalue weighted by Gasteiger charge is 2.28. The summed E-state index contributed by atoms with van der Waals surface area (Å²) in [6, 6.07) is 0. The average molecular weight is 205 g/mol. The van der Waals surface area contributed by atoms with Crippen molar-refractivity contribution in [3.05, 3.63) is 0 Å². The molecule has 1 saturated carbocycles. The molecule has 2 unspecified atom stereocenters. The molecule has 0 radical (unpaired) electrons. The molecule has 1 rings (SSSR count). The minimum absolute atomic E-state index is 0.361. The molecule has 0 heterocycles. The van der Waals surface area contributed by atoms with Gasteiger partial charge in [0.05, 0.1) is 5.33 Å². The molecule has 0 aromatic rings. The zero-order valence-corrected chi connectivity index (χ0v) is 7.86. The van der Waals surface area contributed by atoms with E-state index in [1.165, 1.54) is 12.8 Å². The van der Waals surface area contributed by atoms with Crippen LogP contribution in [0, 0.1) is 11.8 Å². The van der Waals surface area contributed by atoms with Gasteiger partial charge in [-0.25, -0.2) is 0 Å². The number of alkyl halides is 1. The summed E-state index contributed by atoms with van der Waals surface area (Å²) in [5.74, 6) is 1.38. The van der Waals surface area contributed by atoms with Gasteiger partial charge < -0.3 is 0 Å². The Morgan fingerprint density at radius 1 is 1.60 bits per heavy atom. The predicted octanol–water partition coefficient (Wildman–Crippen LogP) is 2.39. The van der Waals surface area contributed by atoms with Gasteiger partial charge in [0.15, 0.2) is 0 Å². The van der Waals surface area contributed by atoms with Gasteiger partial charge in [0, 0.05) is 5.92 Å². The Morgan fingerprint density at radius 2 is 2.30 bits per heavy atom. The van der Waals surface area contributed by atoms with Gasteiger partial charge in [0.2, 0.25) is 0 Å². The lowest BCUT2D eigenvalue weighted by Crippen LogP contribution is -2.17. The van der Waals surface area contributed by atoms with Gasteiger partial charge in [-0.05, 0) is 18.8 Å². The molecular formula is C8H13BrO. The highest BCUT2D eigenvalue weighted by Crippen LogP contribution is 2.31. The number of hydrogen-bond donors (Lipinski definition) is 0. The first kappa shape index (κ1) is 8.25. The van der Waals surface area contributed by atoms with E-state index >= 15 is 0 Å². The fourth-order valence-corrected chi connectivity index (χ4v) is 2.14. The first-order valence-corrected chi connectivity index (χ1v) is 4.96. The monoisotopic (exact) mass is 204 g/mol. The van der Waals surface area contributed by atoms with E-state index in [0.29, 0.717) is 22.9 Å². The molecule has 0 saturated heterocycles. The molecule has 2 heteroatoms.